The number of rotatable bonds is 4. The van der Waals surface area contributed by atoms with Crippen LogP contribution in [0.25, 0.3) is 0 Å². The zero-order valence-electron chi connectivity index (χ0n) is 12.8. The molecule has 0 unspecified atom stereocenters. The number of hydrogen-bond donors (Lipinski definition) is 1. The first-order chi connectivity index (χ1) is 10.3. The monoisotopic (exact) mass is 286 g/mol. The Kier molecular flexibility index (Phi) is 4.59. The van der Waals surface area contributed by atoms with Crippen molar-refractivity contribution in [2.24, 2.45) is 5.73 Å². The molecule has 1 aliphatic heterocycles. The van der Waals surface area contributed by atoms with Crippen molar-refractivity contribution in [3.8, 4) is 0 Å². The number of amides is 1. The Balaban J connectivity index is 1.78. The van der Waals surface area contributed by atoms with Crippen LogP contribution in [0.3, 0.4) is 0 Å². The van der Waals surface area contributed by atoms with E-state index in [1.54, 1.807) is 0 Å². The van der Waals surface area contributed by atoms with Gasteiger partial charge in [0.05, 0.1) is 0 Å². The van der Waals surface area contributed by atoms with Crippen LogP contribution in [0.5, 0.6) is 0 Å². The van der Waals surface area contributed by atoms with E-state index in [2.05, 4.69) is 29.2 Å². The van der Waals surface area contributed by atoms with Crippen molar-refractivity contribution in [3.63, 3.8) is 0 Å². The maximum atomic E-state index is 12.4. The van der Waals surface area contributed by atoms with Gasteiger partial charge in [-0.1, -0.05) is 24.3 Å². The standard InChI is InChI=1S/C18H26N2O/c19-12-4-11-18(21)20-13-5-10-17(20)16-9-3-7-14-6-1-2-8-15(14)16/h1-2,6,8,16-17H,3-5,7,9-13,19H2/t16-,17+/m0/s1. The molecule has 1 amide bonds. The zero-order chi connectivity index (χ0) is 14.7. The molecule has 1 aromatic rings. The molecule has 2 aliphatic rings. The number of aryl methyl sites for hydroxylation is 1. The predicted octanol–water partition coefficient (Wildman–Crippen LogP) is 2.84. The van der Waals surface area contributed by atoms with Gasteiger partial charge in [-0.05, 0) is 56.2 Å². The van der Waals surface area contributed by atoms with E-state index in [0.717, 1.165) is 25.8 Å². The summed E-state index contributed by atoms with van der Waals surface area (Å²) < 4.78 is 0. The summed E-state index contributed by atoms with van der Waals surface area (Å²) in [5.41, 5.74) is 8.53. The highest BCUT2D eigenvalue weighted by Crippen LogP contribution is 2.39. The molecule has 3 nitrogen and oxygen atoms in total. The minimum absolute atomic E-state index is 0.311. The molecule has 0 bridgehead atoms. The second-order valence-corrected chi connectivity index (χ2v) is 6.39. The molecule has 1 aliphatic carbocycles. The first-order valence-electron chi connectivity index (χ1n) is 8.38. The van der Waals surface area contributed by atoms with Crippen molar-refractivity contribution in [2.45, 2.75) is 56.9 Å². The highest BCUT2D eigenvalue weighted by atomic mass is 16.2. The molecule has 3 rings (SSSR count). The molecule has 114 valence electrons. The average Bonchev–Trinajstić information content (AvgIpc) is 3.01. The third-order valence-corrected chi connectivity index (χ3v) is 5.09. The number of carbonyl (C=O) groups excluding carboxylic acids is 1. The largest absolute Gasteiger partial charge is 0.339 e. The molecular weight excluding hydrogens is 260 g/mol. The van der Waals surface area contributed by atoms with E-state index in [-0.39, 0.29) is 0 Å². The van der Waals surface area contributed by atoms with Gasteiger partial charge in [0.1, 0.15) is 0 Å². The predicted molar refractivity (Wildman–Crippen MR) is 85.1 cm³/mol. The molecule has 3 heteroatoms. The van der Waals surface area contributed by atoms with E-state index in [1.165, 1.54) is 30.4 Å². The van der Waals surface area contributed by atoms with E-state index >= 15 is 0 Å². The lowest BCUT2D eigenvalue weighted by Gasteiger charge is -2.35. The Hall–Kier alpha value is -1.35. The van der Waals surface area contributed by atoms with Gasteiger partial charge in [0.15, 0.2) is 0 Å². The Labute approximate surface area is 127 Å². The molecule has 2 N–H and O–H groups in total. The molecule has 1 aromatic carbocycles. The van der Waals surface area contributed by atoms with E-state index in [1.807, 2.05) is 0 Å². The summed E-state index contributed by atoms with van der Waals surface area (Å²) in [6.45, 7) is 1.54. The Morgan fingerprint density at radius 3 is 2.95 bits per heavy atom. The van der Waals surface area contributed by atoms with E-state index < -0.39 is 0 Å². The molecule has 2 atom stereocenters. The quantitative estimate of drug-likeness (QED) is 0.925. The van der Waals surface area contributed by atoms with Crippen molar-refractivity contribution < 1.29 is 4.79 Å². The number of carbonyl (C=O) groups is 1. The van der Waals surface area contributed by atoms with Gasteiger partial charge >= 0.3 is 0 Å². The summed E-state index contributed by atoms with van der Waals surface area (Å²) in [5.74, 6) is 0.852. The first-order valence-corrected chi connectivity index (χ1v) is 8.38. The number of likely N-dealkylation sites (tertiary alicyclic amines) is 1. The second-order valence-electron chi connectivity index (χ2n) is 6.39. The summed E-state index contributed by atoms with van der Waals surface area (Å²) in [6.07, 6.45) is 7.40. The SMILES string of the molecule is NCCCC(=O)N1CCC[C@@H]1[C@H]1CCCc2ccccc21. The van der Waals surface area contributed by atoms with Gasteiger partial charge in [-0.15, -0.1) is 0 Å². The first kappa shape index (κ1) is 14.6. The topological polar surface area (TPSA) is 46.3 Å². The number of nitrogens with two attached hydrogens (primary N) is 1. The molecule has 0 radical (unpaired) electrons. The maximum Gasteiger partial charge on any atom is 0.222 e. The fourth-order valence-electron chi connectivity index (χ4n) is 4.11. The summed E-state index contributed by atoms with van der Waals surface area (Å²) in [6, 6.07) is 9.24. The molecule has 21 heavy (non-hydrogen) atoms. The molecule has 0 saturated carbocycles. The molecule has 0 aromatic heterocycles. The van der Waals surface area contributed by atoms with Gasteiger partial charge in [-0.2, -0.15) is 0 Å². The van der Waals surface area contributed by atoms with Crippen LogP contribution in [0.2, 0.25) is 0 Å². The minimum atomic E-state index is 0.311. The van der Waals surface area contributed by atoms with Crippen LogP contribution in [-0.4, -0.2) is 29.9 Å². The molecule has 1 fully saturated rings. The lowest BCUT2D eigenvalue weighted by atomic mass is 9.78. The van der Waals surface area contributed by atoms with Crippen molar-refractivity contribution >= 4 is 5.91 Å². The molecule has 0 spiro atoms. The second kappa shape index (κ2) is 6.61. The third kappa shape index (κ3) is 2.98. The highest BCUT2D eigenvalue weighted by Gasteiger charge is 2.36. The zero-order valence-corrected chi connectivity index (χ0v) is 12.8. The van der Waals surface area contributed by atoms with Gasteiger partial charge < -0.3 is 10.6 Å². The highest BCUT2D eigenvalue weighted by molar-refractivity contribution is 5.77. The van der Waals surface area contributed by atoms with Crippen molar-refractivity contribution in [3.05, 3.63) is 35.4 Å². The van der Waals surface area contributed by atoms with Crippen LogP contribution in [-0.2, 0) is 11.2 Å². The van der Waals surface area contributed by atoms with Crippen LogP contribution in [0, 0.1) is 0 Å². The molecule has 1 saturated heterocycles. The Bertz CT molecular complexity index is 500. The van der Waals surface area contributed by atoms with Gasteiger partial charge in [-0.25, -0.2) is 0 Å². The number of fused-ring (bicyclic) bond motifs is 1. The van der Waals surface area contributed by atoms with Gasteiger partial charge in [0, 0.05) is 24.9 Å². The smallest absolute Gasteiger partial charge is 0.222 e. The number of hydrogen-bond acceptors (Lipinski definition) is 2. The lowest BCUT2D eigenvalue weighted by Crippen LogP contribution is -2.40. The molecule has 1 heterocycles. The van der Waals surface area contributed by atoms with Crippen molar-refractivity contribution in [1.29, 1.82) is 0 Å². The fraction of sp³-hybridized carbons (Fsp3) is 0.611. The lowest BCUT2D eigenvalue weighted by molar-refractivity contribution is -0.132. The molecular formula is C18H26N2O. The number of nitrogens with zero attached hydrogens (tertiary/aromatic N) is 1. The normalized spacial score (nSPS) is 24.9. The van der Waals surface area contributed by atoms with Crippen LogP contribution in [0.1, 0.15) is 55.6 Å². The maximum absolute atomic E-state index is 12.4. The van der Waals surface area contributed by atoms with E-state index in [9.17, 15) is 4.79 Å². The van der Waals surface area contributed by atoms with Crippen LogP contribution >= 0.6 is 0 Å². The number of benzene rings is 1. The Morgan fingerprint density at radius 2 is 2.10 bits per heavy atom. The van der Waals surface area contributed by atoms with E-state index in [4.69, 9.17) is 5.73 Å². The third-order valence-electron chi connectivity index (χ3n) is 5.09. The van der Waals surface area contributed by atoms with Gasteiger partial charge in [0.2, 0.25) is 5.91 Å². The van der Waals surface area contributed by atoms with Crippen LogP contribution in [0.4, 0.5) is 0 Å². The summed E-state index contributed by atoms with van der Waals surface area (Å²) >= 11 is 0. The summed E-state index contributed by atoms with van der Waals surface area (Å²) in [5, 5.41) is 0. The average molecular weight is 286 g/mol. The van der Waals surface area contributed by atoms with Crippen LogP contribution in [0.15, 0.2) is 24.3 Å². The van der Waals surface area contributed by atoms with Gasteiger partial charge in [0.25, 0.3) is 0 Å². The fourth-order valence-corrected chi connectivity index (χ4v) is 4.11. The van der Waals surface area contributed by atoms with Crippen molar-refractivity contribution in [2.75, 3.05) is 13.1 Å². The van der Waals surface area contributed by atoms with E-state index in [0.29, 0.717) is 30.8 Å². The summed E-state index contributed by atoms with van der Waals surface area (Å²) in [4.78, 5) is 14.6. The summed E-state index contributed by atoms with van der Waals surface area (Å²) in [7, 11) is 0. The van der Waals surface area contributed by atoms with Crippen LogP contribution < -0.4 is 5.73 Å². The Morgan fingerprint density at radius 1 is 1.24 bits per heavy atom. The van der Waals surface area contributed by atoms with Gasteiger partial charge in [-0.3, -0.25) is 4.79 Å². The minimum Gasteiger partial charge on any atom is -0.339 e. The van der Waals surface area contributed by atoms with Crippen molar-refractivity contribution in [1.82, 2.24) is 4.90 Å².